The van der Waals surface area contributed by atoms with Gasteiger partial charge in [0, 0.05) is 6.21 Å². The molecule has 3 aromatic carbocycles. The standard InChI is InChI=1S/C23H17N3O4S/c27-21(28)14-30-16-11-9-15(10-12-16)13-24-18-6-2-1-5-17(18)22(29)26-23-25-19-7-3-4-8-20(19)31-23/h1-13H,14H2,(H,27,28)(H,25,26,29). The third kappa shape index (κ3) is 5.12. The van der Waals surface area contributed by atoms with E-state index in [9.17, 15) is 9.59 Å². The number of ether oxygens (including phenoxy) is 1. The SMILES string of the molecule is O=C(O)COc1ccc(C=Nc2ccccc2C(=O)Nc2nc3ccccc3s2)cc1. The Hall–Kier alpha value is -4.04. The number of nitrogens with one attached hydrogen (secondary N) is 1. The van der Waals surface area contributed by atoms with Gasteiger partial charge in [-0.25, -0.2) is 9.78 Å². The lowest BCUT2D eigenvalue weighted by Crippen LogP contribution is -2.11. The Bertz CT molecular complexity index is 1230. The lowest BCUT2D eigenvalue weighted by atomic mass is 10.1. The van der Waals surface area contributed by atoms with Crippen LogP contribution in [0.5, 0.6) is 5.75 Å². The van der Waals surface area contributed by atoms with Crippen molar-refractivity contribution in [2.24, 2.45) is 4.99 Å². The summed E-state index contributed by atoms with van der Waals surface area (Å²) in [6.07, 6.45) is 1.63. The molecule has 154 valence electrons. The number of carbonyl (C=O) groups is 2. The van der Waals surface area contributed by atoms with Crippen LogP contribution in [-0.4, -0.2) is 34.8 Å². The van der Waals surface area contributed by atoms with Gasteiger partial charge in [0.05, 0.1) is 21.5 Å². The number of rotatable bonds is 7. The number of carboxylic acid groups (broad SMARTS) is 1. The molecule has 0 unspecified atom stereocenters. The van der Waals surface area contributed by atoms with Gasteiger partial charge in [0.25, 0.3) is 5.91 Å². The second-order valence-electron chi connectivity index (χ2n) is 6.47. The molecule has 0 aliphatic heterocycles. The van der Waals surface area contributed by atoms with Crippen LogP contribution in [0.4, 0.5) is 10.8 Å². The van der Waals surface area contributed by atoms with Crippen molar-refractivity contribution >= 4 is 50.5 Å². The number of carbonyl (C=O) groups excluding carboxylic acids is 1. The van der Waals surface area contributed by atoms with E-state index >= 15 is 0 Å². The van der Waals surface area contributed by atoms with Crippen LogP contribution >= 0.6 is 11.3 Å². The zero-order chi connectivity index (χ0) is 21.6. The molecule has 8 heteroatoms. The zero-order valence-corrected chi connectivity index (χ0v) is 17.0. The summed E-state index contributed by atoms with van der Waals surface area (Å²) in [5.74, 6) is -0.870. The van der Waals surface area contributed by atoms with Gasteiger partial charge in [-0.05, 0) is 54.1 Å². The van der Waals surface area contributed by atoms with Crippen LogP contribution in [0.25, 0.3) is 10.2 Å². The van der Waals surface area contributed by atoms with Crippen molar-refractivity contribution in [1.82, 2.24) is 4.98 Å². The molecular weight excluding hydrogens is 414 g/mol. The molecule has 1 heterocycles. The highest BCUT2D eigenvalue weighted by Gasteiger charge is 2.13. The normalized spacial score (nSPS) is 11.0. The topological polar surface area (TPSA) is 101 Å². The Morgan fingerprint density at radius 2 is 1.77 bits per heavy atom. The Balaban J connectivity index is 1.48. The first-order valence-corrected chi connectivity index (χ1v) is 10.1. The molecule has 0 atom stereocenters. The van der Waals surface area contributed by atoms with E-state index in [1.807, 2.05) is 30.3 Å². The predicted molar refractivity (Wildman–Crippen MR) is 121 cm³/mol. The number of nitrogens with zero attached hydrogens (tertiary/aromatic N) is 2. The molecule has 0 bridgehead atoms. The highest BCUT2D eigenvalue weighted by atomic mass is 32.1. The number of aliphatic imine (C=N–C) groups is 1. The van der Waals surface area contributed by atoms with Crippen LogP contribution in [0.3, 0.4) is 0 Å². The summed E-state index contributed by atoms with van der Waals surface area (Å²) in [4.78, 5) is 32.3. The number of hydrogen-bond donors (Lipinski definition) is 2. The Morgan fingerprint density at radius 3 is 2.55 bits per heavy atom. The number of thiazole rings is 1. The number of para-hydroxylation sites is 2. The molecule has 0 saturated heterocycles. The van der Waals surface area contributed by atoms with Crippen LogP contribution in [0.15, 0.2) is 77.8 Å². The number of anilines is 1. The fraction of sp³-hybridized carbons (Fsp3) is 0.0435. The van der Waals surface area contributed by atoms with Gasteiger partial charge in [-0.15, -0.1) is 0 Å². The van der Waals surface area contributed by atoms with E-state index in [-0.39, 0.29) is 5.91 Å². The number of fused-ring (bicyclic) bond motifs is 1. The van der Waals surface area contributed by atoms with Crippen molar-refractivity contribution in [3.05, 3.63) is 83.9 Å². The maximum Gasteiger partial charge on any atom is 0.341 e. The zero-order valence-electron chi connectivity index (χ0n) is 16.2. The third-order valence-corrected chi connectivity index (χ3v) is 5.21. The predicted octanol–water partition coefficient (Wildman–Crippen LogP) is 4.76. The summed E-state index contributed by atoms with van der Waals surface area (Å²) in [6, 6.07) is 21.6. The monoisotopic (exact) mass is 431 g/mol. The largest absolute Gasteiger partial charge is 0.482 e. The van der Waals surface area contributed by atoms with E-state index in [2.05, 4.69) is 15.3 Å². The summed E-state index contributed by atoms with van der Waals surface area (Å²) < 4.78 is 6.11. The highest BCUT2D eigenvalue weighted by molar-refractivity contribution is 7.22. The van der Waals surface area contributed by atoms with E-state index in [0.717, 1.165) is 15.8 Å². The van der Waals surface area contributed by atoms with Crippen LogP contribution in [0, 0.1) is 0 Å². The fourth-order valence-corrected chi connectivity index (χ4v) is 3.67. The average molecular weight is 431 g/mol. The molecule has 4 rings (SSSR count). The number of hydrogen-bond acceptors (Lipinski definition) is 6. The van der Waals surface area contributed by atoms with Gasteiger partial charge >= 0.3 is 5.97 Å². The van der Waals surface area contributed by atoms with E-state index in [1.54, 1.807) is 48.7 Å². The van der Waals surface area contributed by atoms with Crippen LogP contribution < -0.4 is 10.1 Å². The lowest BCUT2D eigenvalue weighted by molar-refractivity contribution is -0.139. The van der Waals surface area contributed by atoms with Crippen LogP contribution in [0.2, 0.25) is 0 Å². The summed E-state index contributed by atoms with van der Waals surface area (Å²) in [5, 5.41) is 12.0. The molecule has 0 aliphatic carbocycles. The molecule has 0 aliphatic rings. The Labute approximate surface area is 181 Å². The van der Waals surface area contributed by atoms with Crippen molar-refractivity contribution in [3.63, 3.8) is 0 Å². The first-order chi connectivity index (χ1) is 15.1. The number of amides is 1. The molecule has 7 nitrogen and oxygen atoms in total. The molecule has 4 aromatic rings. The fourth-order valence-electron chi connectivity index (χ4n) is 2.81. The molecular formula is C23H17N3O4S. The van der Waals surface area contributed by atoms with E-state index in [0.29, 0.717) is 22.1 Å². The van der Waals surface area contributed by atoms with Crippen molar-refractivity contribution in [2.45, 2.75) is 0 Å². The van der Waals surface area contributed by atoms with Crippen LogP contribution in [0.1, 0.15) is 15.9 Å². The smallest absolute Gasteiger partial charge is 0.341 e. The molecule has 0 radical (unpaired) electrons. The summed E-state index contributed by atoms with van der Waals surface area (Å²) >= 11 is 1.41. The molecule has 0 fully saturated rings. The van der Waals surface area contributed by atoms with Crippen molar-refractivity contribution < 1.29 is 19.4 Å². The molecule has 31 heavy (non-hydrogen) atoms. The van der Waals surface area contributed by atoms with Crippen molar-refractivity contribution in [1.29, 1.82) is 0 Å². The molecule has 0 saturated carbocycles. The van der Waals surface area contributed by atoms with Gasteiger partial charge in [-0.3, -0.25) is 15.1 Å². The van der Waals surface area contributed by atoms with Crippen molar-refractivity contribution in [3.8, 4) is 5.75 Å². The Morgan fingerprint density at radius 1 is 1.03 bits per heavy atom. The van der Waals surface area contributed by atoms with E-state index < -0.39 is 12.6 Å². The summed E-state index contributed by atoms with van der Waals surface area (Å²) in [5.41, 5.74) is 2.57. The molecule has 0 spiro atoms. The minimum Gasteiger partial charge on any atom is -0.482 e. The molecule has 1 aromatic heterocycles. The Kier molecular flexibility index (Phi) is 6.00. The number of carboxylic acids is 1. The third-order valence-electron chi connectivity index (χ3n) is 4.26. The number of aliphatic carboxylic acids is 1. The second kappa shape index (κ2) is 9.19. The molecule has 2 N–H and O–H groups in total. The maximum absolute atomic E-state index is 12.8. The first kappa shape index (κ1) is 20.2. The van der Waals surface area contributed by atoms with Crippen molar-refractivity contribution in [2.75, 3.05) is 11.9 Å². The van der Waals surface area contributed by atoms with Gasteiger partial charge in [0.1, 0.15) is 5.75 Å². The number of benzene rings is 3. The van der Waals surface area contributed by atoms with Gasteiger partial charge in [-0.2, -0.15) is 0 Å². The lowest BCUT2D eigenvalue weighted by Gasteiger charge is -2.05. The van der Waals surface area contributed by atoms with E-state index in [1.165, 1.54) is 11.3 Å². The van der Waals surface area contributed by atoms with Gasteiger partial charge < -0.3 is 9.84 Å². The van der Waals surface area contributed by atoms with Gasteiger partial charge in [0.15, 0.2) is 11.7 Å². The second-order valence-corrected chi connectivity index (χ2v) is 7.50. The summed E-state index contributed by atoms with van der Waals surface area (Å²) in [6.45, 7) is -0.398. The summed E-state index contributed by atoms with van der Waals surface area (Å²) in [7, 11) is 0. The average Bonchev–Trinajstić information content (AvgIpc) is 3.19. The van der Waals surface area contributed by atoms with Gasteiger partial charge in [0.2, 0.25) is 0 Å². The minimum atomic E-state index is -1.04. The van der Waals surface area contributed by atoms with Gasteiger partial charge in [-0.1, -0.05) is 35.6 Å². The maximum atomic E-state index is 12.8. The van der Waals surface area contributed by atoms with Crippen LogP contribution in [-0.2, 0) is 4.79 Å². The quantitative estimate of drug-likeness (QED) is 0.411. The minimum absolute atomic E-state index is 0.288. The number of aromatic nitrogens is 1. The molecule has 1 amide bonds. The first-order valence-electron chi connectivity index (χ1n) is 9.33. The van der Waals surface area contributed by atoms with E-state index in [4.69, 9.17) is 9.84 Å². The highest BCUT2D eigenvalue weighted by Crippen LogP contribution is 2.27.